The van der Waals surface area contributed by atoms with Gasteiger partial charge < -0.3 is 25.1 Å². The van der Waals surface area contributed by atoms with Gasteiger partial charge in [0.15, 0.2) is 5.56 Å². The standard InChI is InChI=1S/C21H20N2O7/c1-2-10-29-23-16-9-8-14(30-13-6-4-3-5-7-13)11-15(16)19(26)18(21(23)28)20(27)22-12-17(24)25/h3-9,11,26H,2,10,12H2,1H3,(H,22,27)(H,24,25). The van der Waals surface area contributed by atoms with Crippen LogP contribution in [-0.2, 0) is 4.79 Å². The topological polar surface area (TPSA) is 127 Å². The van der Waals surface area contributed by atoms with Gasteiger partial charge in [-0.2, -0.15) is 0 Å². The first-order chi connectivity index (χ1) is 14.4. The molecule has 0 bridgehead atoms. The van der Waals surface area contributed by atoms with E-state index in [9.17, 15) is 19.5 Å². The van der Waals surface area contributed by atoms with Crippen molar-refractivity contribution in [2.75, 3.05) is 13.2 Å². The monoisotopic (exact) mass is 412 g/mol. The lowest BCUT2D eigenvalue weighted by atomic mass is 10.1. The zero-order chi connectivity index (χ0) is 21.7. The van der Waals surface area contributed by atoms with E-state index in [1.54, 1.807) is 30.3 Å². The minimum atomic E-state index is -1.29. The lowest BCUT2D eigenvalue weighted by molar-refractivity contribution is -0.135. The first kappa shape index (κ1) is 20.7. The number of aromatic hydroxyl groups is 1. The van der Waals surface area contributed by atoms with Crippen LogP contribution in [-0.4, -0.2) is 40.0 Å². The summed E-state index contributed by atoms with van der Waals surface area (Å²) in [5.41, 5.74) is -1.27. The molecule has 0 spiro atoms. The largest absolute Gasteiger partial charge is 0.506 e. The van der Waals surface area contributed by atoms with Gasteiger partial charge in [-0.15, -0.1) is 4.73 Å². The van der Waals surface area contributed by atoms with E-state index >= 15 is 0 Å². The van der Waals surface area contributed by atoms with Gasteiger partial charge in [0.05, 0.1) is 5.52 Å². The van der Waals surface area contributed by atoms with Crippen molar-refractivity contribution in [3.63, 3.8) is 0 Å². The zero-order valence-electron chi connectivity index (χ0n) is 16.1. The van der Waals surface area contributed by atoms with Crippen molar-refractivity contribution in [3.05, 3.63) is 64.4 Å². The molecule has 2 aromatic carbocycles. The number of nitrogens with one attached hydrogen (secondary N) is 1. The van der Waals surface area contributed by atoms with Crippen LogP contribution in [0.1, 0.15) is 23.7 Å². The summed E-state index contributed by atoms with van der Waals surface area (Å²) in [6.07, 6.45) is 0.602. The molecule has 0 aliphatic carbocycles. The molecule has 9 nitrogen and oxygen atoms in total. The summed E-state index contributed by atoms with van der Waals surface area (Å²) in [5.74, 6) is -1.98. The molecule has 0 fully saturated rings. The fourth-order valence-corrected chi connectivity index (χ4v) is 2.78. The van der Waals surface area contributed by atoms with Crippen LogP contribution >= 0.6 is 0 Å². The number of aliphatic carboxylic acids is 1. The Morgan fingerprint density at radius 2 is 1.83 bits per heavy atom. The number of hydrogen-bond donors (Lipinski definition) is 3. The molecule has 0 unspecified atom stereocenters. The van der Waals surface area contributed by atoms with Crippen LogP contribution in [0, 0.1) is 0 Å². The number of fused-ring (bicyclic) bond motifs is 1. The van der Waals surface area contributed by atoms with E-state index in [1.807, 2.05) is 13.0 Å². The van der Waals surface area contributed by atoms with Crippen LogP contribution in [0.15, 0.2) is 53.3 Å². The number of pyridine rings is 1. The van der Waals surface area contributed by atoms with Gasteiger partial charge in [-0.3, -0.25) is 14.4 Å². The number of carbonyl (C=O) groups is 2. The van der Waals surface area contributed by atoms with Crippen LogP contribution < -0.4 is 20.5 Å². The molecule has 3 aromatic rings. The Morgan fingerprint density at radius 3 is 2.50 bits per heavy atom. The van der Waals surface area contributed by atoms with E-state index in [-0.39, 0.29) is 17.5 Å². The van der Waals surface area contributed by atoms with Gasteiger partial charge in [0, 0.05) is 5.39 Å². The third-order valence-electron chi connectivity index (χ3n) is 4.11. The number of carboxylic acid groups (broad SMARTS) is 1. The molecular weight excluding hydrogens is 392 g/mol. The summed E-state index contributed by atoms with van der Waals surface area (Å²) in [6.45, 7) is 1.33. The predicted octanol–water partition coefficient (Wildman–Crippen LogP) is 2.15. The Bertz CT molecular complexity index is 1140. The van der Waals surface area contributed by atoms with E-state index in [0.717, 1.165) is 4.73 Å². The van der Waals surface area contributed by atoms with Gasteiger partial charge in [-0.25, -0.2) is 0 Å². The summed E-state index contributed by atoms with van der Waals surface area (Å²) in [6, 6.07) is 13.5. The highest BCUT2D eigenvalue weighted by Gasteiger charge is 2.24. The number of amides is 1. The molecule has 156 valence electrons. The van der Waals surface area contributed by atoms with E-state index < -0.39 is 35.3 Å². The molecule has 0 radical (unpaired) electrons. The maximum Gasteiger partial charge on any atom is 0.322 e. The zero-order valence-corrected chi connectivity index (χ0v) is 16.1. The van der Waals surface area contributed by atoms with Crippen molar-refractivity contribution < 1.29 is 29.4 Å². The number of aromatic nitrogens is 1. The summed E-state index contributed by atoms with van der Waals surface area (Å²) in [5, 5.41) is 21.7. The second-order valence-electron chi connectivity index (χ2n) is 6.33. The van der Waals surface area contributed by atoms with Crippen LogP contribution in [0.5, 0.6) is 17.2 Å². The third-order valence-corrected chi connectivity index (χ3v) is 4.11. The molecule has 0 saturated heterocycles. The molecule has 1 heterocycles. The van der Waals surface area contributed by atoms with Crippen molar-refractivity contribution in [3.8, 4) is 17.2 Å². The predicted molar refractivity (Wildman–Crippen MR) is 108 cm³/mol. The Balaban J connectivity index is 2.13. The quantitative estimate of drug-likeness (QED) is 0.517. The SMILES string of the molecule is CCCOn1c(=O)c(C(=O)NCC(=O)O)c(O)c2cc(Oc3ccccc3)ccc21. The number of hydrogen-bond acceptors (Lipinski definition) is 6. The molecule has 9 heteroatoms. The summed E-state index contributed by atoms with van der Waals surface area (Å²) < 4.78 is 6.67. The van der Waals surface area contributed by atoms with Crippen LogP contribution in [0.3, 0.4) is 0 Å². The second-order valence-corrected chi connectivity index (χ2v) is 6.33. The number of nitrogens with zero attached hydrogens (tertiary/aromatic N) is 1. The molecule has 0 saturated carbocycles. The van der Waals surface area contributed by atoms with E-state index in [4.69, 9.17) is 14.7 Å². The lowest BCUT2D eigenvalue weighted by Crippen LogP contribution is -2.37. The Kier molecular flexibility index (Phi) is 6.21. The number of rotatable bonds is 8. The van der Waals surface area contributed by atoms with E-state index in [0.29, 0.717) is 17.9 Å². The smallest absolute Gasteiger partial charge is 0.322 e. The van der Waals surface area contributed by atoms with Crippen LogP contribution in [0.25, 0.3) is 10.9 Å². The number of benzene rings is 2. The van der Waals surface area contributed by atoms with Crippen molar-refractivity contribution in [1.29, 1.82) is 0 Å². The molecule has 30 heavy (non-hydrogen) atoms. The minimum absolute atomic E-state index is 0.139. The number of carboxylic acids is 1. The Hall–Kier alpha value is -4.01. The molecule has 1 aromatic heterocycles. The molecule has 3 rings (SSSR count). The van der Waals surface area contributed by atoms with Gasteiger partial charge in [0.2, 0.25) is 0 Å². The van der Waals surface area contributed by atoms with Crippen LogP contribution in [0.2, 0.25) is 0 Å². The summed E-state index contributed by atoms with van der Waals surface area (Å²) in [4.78, 5) is 41.4. The van der Waals surface area contributed by atoms with Crippen molar-refractivity contribution >= 4 is 22.8 Å². The number of ether oxygens (including phenoxy) is 1. The first-order valence-corrected chi connectivity index (χ1v) is 9.20. The summed E-state index contributed by atoms with van der Waals surface area (Å²) in [7, 11) is 0. The molecule has 3 N–H and O–H groups in total. The average molecular weight is 412 g/mol. The molecule has 0 aliphatic rings. The first-order valence-electron chi connectivity index (χ1n) is 9.20. The van der Waals surface area contributed by atoms with Gasteiger partial charge in [-0.05, 0) is 36.8 Å². The second kappa shape index (κ2) is 8.99. The van der Waals surface area contributed by atoms with Crippen molar-refractivity contribution in [2.24, 2.45) is 0 Å². The fraction of sp³-hybridized carbons (Fsp3) is 0.190. The Morgan fingerprint density at radius 1 is 1.10 bits per heavy atom. The van der Waals surface area contributed by atoms with Gasteiger partial charge in [0.25, 0.3) is 11.5 Å². The van der Waals surface area contributed by atoms with Gasteiger partial charge in [0.1, 0.15) is 30.4 Å². The average Bonchev–Trinajstić information content (AvgIpc) is 2.73. The van der Waals surface area contributed by atoms with Crippen LogP contribution in [0.4, 0.5) is 0 Å². The normalized spacial score (nSPS) is 10.6. The summed E-state index contributed by atoms with van der Waals surface area (Å²) >= 11 is 0. The highest BCUT2D eigenvalue weighted by Crippen LogP contribution is 2.31. The highest BCUT2D eigenvalue weighted by atomic mass is 16.7. The molecule has 1 amide bonds. The minimum Gasteiger partial charge on any atom is -0.506 e. The molecule has 0 atom stereocenters. The lowest BCUT2D eigenvalue weighted by Gasteiger charge is -2.16. The number of para-hydroxylation sites is 1. The van der Waals surface area contributed by atoms with Crippen molar-refractivity contribution in [2.45, 2.75) is 13.3 Å². The van der Waals surface area contributed by atoms with E-state index in [2.05, 4.69) is 5.32 Å². The van der Waals surface area contributed by atoms with Gasteiger partial charge in [-0.1, -0.05) is 25.1 Å². The van der Waals surface area contributed by atoms with E-state index in [1.165, 1.54) is 12.1 Å². The molecular formula is C21H20N2O7. The maximum atomic E-state index is 12.8. The fourth-order valence-electron chi connectivity index (χ4n) is 2.78. The van der Waals surface area contributed by atoms with Crippen molar-refractivity contribution in [1.82, 2.24) is 10.0 Å². The maximum absolute atomic E-state index is 12.8. The number of carbonyl (C=O) groups excluding carboxylic acids is 1. The third kappa shape index (κ3) is 4.35. The molecule has 0 aliphatic heterocycles. The Labute approximate surface area is 171 Å². The highest BCUT2D eigenvalue weighted by molar-refractivity contribution is 6.03. The van der Waals surface area contributed by atoms with Gasteiger partial charge >= 0.3 is 5.97 Å².